The fraction of sp³-hybridized carbons (Fsp3) is 0. The van der Waals surface area contributed by atoms with Crippen LogP contribution in [0.25, 0.3) is 130 Å². The summed E-state index contributed by atoms with van der Waals surface area (Å²) in [5.74, 6) is 0. The van der Waals surface area contributed by atoms with Crippen molar-refractivity contribution in [2.45, 2.75) is 0 Å². The summed E-state index contributed by atoms with van der Waals surface area (Å²) >= 11 is 1.87. The fourth-order valence-corrected chi connectivity index (χ4v) is 11.3. The van der Waals surface area contributed by atoms with E-state index in [1.165, 1.54) is 130 Å². The van der Waals surface area contributed by atoms with Crippen LogP contribution in [0.2, 0.25) is 0 Å². The van der Waals surface area contributed by atoms with Gasteiger partial charge in [0.25, 0.3) is 0 Å². The van der Waals surface area contributed by atoms with Gasteiger partial charge < -0.3 is 0 Å². The van der Waals surface area contributed by atoms with Crippen molar-refractivity contribution in [3.63, 3.8) is 0 Å². The number of rotatable bonds is 3. The van der Waals surface area contributed by atoms with Gasteiger partial charge in [0, 0.05) is 20.2 Å². The Bertz CT molecular complexity index is 3730. The van der Waals surface area contributed by atoms with Crippen molar-refractivity contribution in [2.24, 2.45) is 0 Å². The molecule has 0 unspecified atom stereocenters. The SMILES string of the molecule is c1ccc2c(c1)-c1ccccc1-c1cccc(-c3cc(-c4ccc5sc6ccccc6c5c4)cc(-c4ccc5c6ccccc6c6ccccc6c5c4)c3)c1-c1ccccc1-2. The summed E-state index contributed by atoms with van der Waals surface area (Å²) in [6, 6.07) is 81.7. The van der Waals surface area contributed by atoms with E-state index in [-0.39, 0.29) is 0 Å². The summed E-state index contributed by atoms with van der Waals surface area (Å²) < 4.78 is 2.64. The number of thiophene rings is 1. The molecule has 13 rings (SSSR count). The Hall–Kier alpha value is -7.58. The molecule has 1 aliphatic carbocycles. The maximum absolute atomic E-state index is 2.43. The molecule has 0 fully saturated rings. The molecule has 11 aromatic carbocycles. The predicted octanol–water partition coefficient (Wildman–Crippen LogP) is 17.5. The van der Waals surface area contributed by atoms with Crippen LogP contribution < -0.4 is 0 Å². The molecule has 0 saturated carbocycles. The van der Waals surface area contributed by atoms with E-state index in [0.29, 0.717) is 0 Å². The highest BCUT2D eigenvalue weighted by atomic mass is 32.1. The summed E-state index contributed by atoms with van der Waals surface area (Å²) in [6.07, 6.45) is 0. The van der Waals surface area contributed by atoms with Crippen LogP contribution in [-0.2, 0) is 0 Å². The third kappa shape index (κ3) is 5.31. The van der Waals surface area contributed by atoms with Crippen LogP contribution in [0.15, 0.2) is 218 Å². The standard InChI is InChI=1S/C60H36S/c1-3-16-45-43(14-1)46-17-5-7-20-50(46)55-26-13-25-42(60(55)54-24-10-9-21-49(45)54)41-33-39(32-40(34-41)38-29-31-59-57(36-38)53-23-11-12-27-58(53)61-59)37-28-30-52-48-19-4-2-15-44(48)47-18-6-8-22-51(47)56(52)35-37/h1-36H. The first-order valence-corrected chi connectivity index (χ1v) is 21.9. The van der Waals surface area contributed by atoms with Crippen molar-refractivity contribution in [2.75, 3.05) is 0 Å². The molecule has 61 heavy (non-hydrogen) atoms. The van der Waals surface area contributed by atoms with Crippen molar-refractivity contribution >= 4 is 63.8 Å². The minimum Gasteiger partial charge on any atom is -0.135 e. The maximum Gasteiger partial charge on any atom is 0.0355 e. The van der Waals surface area contributed by atoms with Gasteiger partial charge in [0.2, 0.25) is 0 Å². The number of hydrogen-bond acceptors (Lipinski definition) is 1. The Balaban J connectivity index is 1.10. The van der Waals surface area contributed by atoms with E-state index in [9.17, 15) is 0 Å². The number of hydrogen-bond donors (Lipinski definition) is 0. The van der Waals surface area contributed by atoms with E-state index in [0.717, 1.165) is 0 Å². The van der Waals surface area contributed by atoms with E-state index in [4.69, 9.17) is 0 Å². The monoisotopic (exact) mass is 788 g/mol. The zero-order valence-electron chi connectivity index (χ0n) is 33.2. The zero-order chi connectivity index (χ0) is 40.0. The Morgan fingerprint density at radius 1 is 0.197 bits per heavy atom. The van der Waals surface area contributed by atoms with Crippen LogP contribution in [0.1, 0.15) is 0 Å². The minimum absolute atomic E-state index is 1.20. The van der Waals surface area contributed by atoms with E-state index in [1.54, 1.807) is 0 Å². The molecule has 282 valence electrons. The smallest absolute Gasteiger partial charge is 0.0355 e. The summed E-state index contributed by atoms with van der Waals surface area (Å²) in [5, 5.41) is 10.3. The molecule has 1 heterocycles. The topological polar surface area (TPSA) is 0 Å². The lowest BCUT2D eigenvalue weighted by molar-refractivity contribution is 1.51. The van der Waals surface area contributed by atoms with Gasteiger partial charge in [-0.3, -0.25) is 0 Å². The van der Waals surface area contributed by atoms with Crippen LogP contribution in [-0.4, -0.2) is 0 Å². The van der Waals surface area contributed by atoms with Crippen LogP contribution in [0.4, 0.5) is 0 Å². The third-order valence-electron chi connectivity index (χ3n) is 13.0. The largest absolute Gasteiger partial charge is 0.135 e. The molecular weight excluding hydrogens is 753 g/mol. The number of benzene rings is 11. The van der Waals surface area contributed by atoms with E-state index in [2.05, 4.69) is 218 Å². The highest BCUT2D eigenvalue weighted by Crippen LogP contribution is 2.51. The Morgan fingerprint density at radius 3 is 1.21 bits per heavy atom. The molecule has 0 nitrogen and oxygen atoms in total. The average molecular weight is 789 g/mol. The van der Waals surface area contributed by atoms with Gasteiger partial charge in [0.05, 0.1) is 0 Å². The molecular formula is C60H36S. The molecule has 0 saturated heterocycles. The van der Waals surface area contributed by atoms with Crippen molar-refractivity contribution in [1.82, 2.24) is 0 Å². The van der Waals surface area contributed by atoms with Gasteiger partial charge in [0.15, 0.2) is 0 Å². The first kappa shape index (κ1) is 34.3. The Kier molecular flexibility index (Phi) is 7.58. The van der Waals surface area contributed by atoms with Crippen molar-refractivity contribution < 1.29 is 0 Å². The van der Waals surface area contributed by atoms with Gasteiger partial charge in [-0.1, -0.05) is 176 Å². The molecule has 12 aromatic rings. The van der Waals surface area contributed by atoms with E-state index < -0.39 is 0 Å². The molecule has 1 aliphatic rings. The summed E-state index contributed by atoms with van der Waals surface area (Å²) in [7, 11) is 0. The van der Waals surface area contributed by atoms with E-state index in [1.807, 2.05) is 11.3 Å². The lowest BCUT2D eigenvalue weighted by atomic mass is 9.78. The summed E-state index contributed by atoms with van der Waals surface area (Å²) in [4.78, 5) is 0. The molecule has 0 amide bonds. The first-order valence-electron chi connectivity index (χ1n) is 21.1. The summed E-state index contributed by atoms with van der Waals surface area (Å²) in [5.41, 5.74) is 17.3. The Morgan fingerprint density at radius 2 is 0.590 bits per heavy atom. The molecule has 0 bridgehead atoms. The van der Waals surface area contributed by atoms with Crippen LogP contribution in [0.5, 0.6) is 0 Å². The lowest BCUT2D eigenvalue weighted by Gasteiger charge is -2.25. The van der Waals surface area contributed by atoms with Crippen molar-refractivity contribution in [1.29, 1.82) is 0 Å². The second-order valence-corrected chi connectivity index (χ2v) is 17.4. The predicted molar refractivity (Wildman–Crippen MR) is 263 cm³/mol. The van der Waals surface area contributed by atoms with Gasteiger partial charge in [-0.15, -0.1) is 11.3 Å². The van der Waals surface area contributed by atoms with E-state index >= 15 is 0 Å². The van der Waals surface area contributed by atoms with Crippen molar-refractivity contribution in [3.05, 3.63) is 218 Å². The minimum atomic E-state index is 1.20. The van der Waals surface area contributed by atoms with Gasteiger partial charge in [-0.2, -0.15) is 0 Å². The quantitative estimate of drug-likeness (QED) is 0.156. The van der Waals surface area contributed by atoms with Crippen LogP contribution in [0.3, 0.4) is 0 Å². The average Bonchev–Trinajstić information content (AvgIpc) is 3.71. The van der Waals surface area contributed by atoms with Gasteiger partial charge in [0.1, 0.15) is 0 Å². The Labute approximate surface area is 358 Å². The second kappa shape index (κ2) is 13.5. The summed E-state index contributed by atoms with van der Waals surface area (Å²) in [6.45, 7) is 0. The normalized spacial score (nSPS) is 11.9. The molecule has 0 N–H and O–H groups in total. The van der Waals surface area contributed by atoms with Gasteiger partial charge >= 0.3 is 0 Å². The van der Waals surface area contributed by atoms with Gasteiger partial charge in [-0.25, -0.2) is 0 Å². The molecule has 1 aromatic heterocycles. The van der Waals surface area contributed by atoms with Crippen molar-refractivity contribution in [3.8, 4) is 77.9 Å². The number of fused-ring (bicyclic) bond motifs is 17. The zero-order valence-corrected chi connectivity index (χ0v) is 34.0. The maximum atomic E-state index is 2.43. The molecule has 1 heteroatoms. The fourth-order valence-electron chi connectivity index (χ4n) is 10.3. The molecule has 0 atom stereocenters. The second-order valence-electron chi connectivity index (χ2n) is 16.3. The molecule has 0 radical (unpaired) electrons. The molecule has 0 aliphatic heterocycles. The third-order valence-corrected chi connectivity index (χ3v) is 14.2. The van der Waals surface area contributed by atoms with Crippen LogP contribution in [0, 0.1) is 0 Å². The molecule has 0 spiro atoms. The van der Waals surface area contributed by atoms with Gasteiger partial charge in [-0.05, 0) is 153 Å². The lowest BCUT2D eigenvalue weighted by Crippen LogP contribution is -1.99. The van der Waals surface area contributed by atoms with Crippen LogP contribution >= 0.6 is 11.3 Å². The highest BCUT2D eigenvalue weighted by Gasteiger charge is 2.24. The highest BCUT2D eigenvalue weighted by molar-refractivity contribution is 7.25. The first-order chi connectivity index (χ1) is 30.2.